The summed E-state index contributed by atoms with van der Waals surface area (Å²) in [6, 6.07) is 14.5. The Morgan fingerprint density at radius 3 is 2.21 bits per heavy atom. The van der Waals surface area contributed by atoms with Crippen molar-refractivity contribution < 1.29 is 53.6 Å². The number of carboxylic acids is 2. The molecule has 0 saturated carbocycles. The zero-order valence-electron chi connectivity index (χ0n) is 25.5. The quantitative estimate of drug-likeness (QED) is 0.102. The van der Waals surface area contributed by atoms with Gasteiger partial charge in [0.25, 0.3) is 0 Å². The molecule has 0 aromatic heterocycles. The second-order valence-corrected chi connectivity index (χ2v) is 10.1. The van der Waals surface area contributed by atoms with E-state index in [4.69, 9.17) is 15.2 Å². The minimum atomic E-state index is -1.80. The number of nitrogens with zero attached hydrogens (tertiary/aromatic N) is 2. The standard InChI is InChI=1S/C32H34N4O11/c1-19(37)34-27-25(38)10-7-11-26(27)47-17-6-5-16-35(32(45)46-2)28(39)23(33)18-20-12-14-21(15-13-20)36(29(40)31(43)44)24-9-4-3-8-22(24)30(41)42/h3-4,7-15,23,38H,5-6,16-18,33H2,1-2H3,(H,34,37)(H,41,42)(H,43,44)/t23-/m0/s1. The van der Waals surface area contributed by atoms with Gasteiger partial charge in [0.15, 0.2) is 0 Å². The fraction of sp³-hybridized carbons (Fsp3) is 0.250. The molecular weight excluding hydrogens is 616 g/mol. The lowest BCUT2D eigenvalue weighted by atomic mass is 10.0. The highest BCUT2D eigenvalue weighted by molar-refractivity contribution is 6.39. The third-order valence-corrected chi connectivity index (χ3v) is 6.73. The van der Waals surface area contributed by atoms with Crippen LogP contribution in [0, 0.1) is 0 Å². The topological polar surface area (TPSA) is 226 Å². The number of unbranched alkanes of at least 4 members (excludes halogenated alkanes) is 1. The number of benzene rings is 3. The van der Waals surface area contributed by atoms with Gasteiger partial charge in [-0.1, -0.05) is 30.3 Å². The minimum Gasteiger partial charge on any atom is -0.506 e. The summed E-state index contributed by atoms with van der Waals surface area (Å²) in [6.45, 7) is 1.38. The number of nitrogens with one attached hydrogen (secondary N) is 1. The molecule has 0 fully saturated rings. The van der Waals surface area contributed by atoms with E-state index in [1.165, 1.54) is 61.5 Å². The van der Waals surface area contributed by atoms with Crippen molar-refractivity contribution in [3.8, 4) is 11.5 Å². The summed E-state index contributed by atoms with van der Waals surface area (Å²) in [4.78, 5) is 74.6. The summed E-state index contributed by atoms with van der Waals surface area (Å²) in [7, 11) is 1.12. The van der Waals surface area contributed by atoms with Crippen LogP contribution in [0.25, 0.3) is 0 Å². The number of rotatable bonds is 13. The van der Waals surface area contributed by atoms with Gasteiger partial charge in [-0.05, 0) is 61.2 Å². The molecule has 15 nitrogen and oxygen atoms in total. The zero-order chi connectivity index (χ0) is 34.7. The van der Waals surface area contributed by atoms with Crippen molar-refractivity contribution in [1.82, 2.24) is 4.90 Å². The molecule has 47 heavy (non-hydrogen) atoms. The van der Waals surface area contributed by atoms with Gasteiger partial charge >= 0.3 is 23.9 Å². The first-order valence-electron chi connectivity index (χ1n) is 14.2. The molecule has 4 amide bonds. The number of aliphatic carboxylic acids is 1. The van der Waals surface area contributed by atoms with Gasteiger partial charge in [0.1, 0.15) is 17.2 Å². The molecule has 6 N–H and O–H groups in total. The van der Waals surface area contributed by atoms with E-state index in [0.29, 0.717) is 18.4 Å². The fourth-order valence-electron chi connectivity index (χ4n) is 4.53. The van der Waals surface area contributed by atoms with Crippen LogP contribution in [0.1, 0.15) is 35.7 Å². The van der Waals surface area contributed by atoms with Gasteiger partial charge < -0.3 is 35.8 Å². The fourth-order valence-corrected chi connectivity index (χ4v) is 4.53. The van der Waals surface area contributed by atoms with E-state index in [2.05, 4.69) is 5.32 Å². The summed E-state index contributed by atoms with van der Waals surface area (Å²) in [5.41, 5.74) is 6.40. The van der Waals surface area contributed by atoms with E-state index in [0.717, 1.165) is 16.9 Å². The molecule has 0 aliphatic carbocycles. The van der Waals surface area contributed by atoms with E-state index >= 15 is 0 Å². The number of carbonyl (C=O) groups is 6. The molecule has 15 heteroatoms. The van der Waals surface area contributed by atoms with Crippen LogP contribution in [-0.2, 0) is 30.3 Å². The molecule has 0 radical (unpaired) electrons. The van der Waals surface area contributed by atoms with Crippen LogP contribution in [0.15, 0.2) is 66.7 Å². The lowest BCUT2D eigenvalue weighted by Crippen LogP contribution is -2.48. The number of carbonyl (C=O) groups excluding carboxylic acids is 4. The second kappa shape index (κ2) is 16.4. The van der Waals surface area contributed by atoms with Crippen molar-refractivity contribution in [2.75, 3.05) is 30.5 Å². The van der Waals surface area contributed by atoms with E-state index in [1.807, 2.05) is 0 Å². The Morgan fingerprint density at radius 1 is 0.915 bits per heavy atom. The Kier molecular flexibility index (Phi) is 12.4. The van der Waals surface area contributed by atoms with E-state index in [9.17, 15) is 44.1 Å². The molecular formula is C32H34N4O11. The molecule has 0 unspecified atom stereocenters. The minimum absolute atomic E-state index is 0.0439. The van der Waals surface area contributed by atoms with Crippen LogP contribution in [-0.4, -0.2) is 82.3 Å². The summed E-state index contributed by atoms with van der Waals surface area (Å²) < 4.78 is 10.4. The molecule has 0 saturated heterocycles. The highest BCUT2D eigenvalue weighted by Gasteiger charge is 2.29. The van der Waals surface area contributed by atoms with Gasteiger partial charge in [-0.3, -0.25) is 19.3 Å². The average Bonchev–Trinajstić information content (AvgIpc) is 3.04. The van der Waals surface area contributed by atoms with Crippen molar-refractivity contribution >= 4 is 52.8 Å². The molecule has 0 aliphatic rings. The van der Waals surface area contributed by atoms with Gasteiger partial charge in [0.05, 0.1) is 31.0 Å². The molecule has 3 aromatic rings. The van der Waals surface area contributed by atoms with Gasteiger partial charge in [0.2, 0.25) is 11.8 Å². The van der Waals surface area contributed by atoms with Gasteiger partial charge in [-0.25, -0.2) is 19.3 Å². The Morgan fingerprint density at radius 2 is 1.60 bits per heavy atom. The van der Waals surface area contributed by atoms with Gasteiger partial charge in [0, 0.05) is 19.2 Å². The Bertz CT molecular complexity index is 1640. The summed E-state index contributed by atoms with van der Waals surface area (Å²) in [6.07, 6.45) is -0.273. The van der Waals surface area contributed by atoms with Gasteiger partial charge in [-0.2, -0.15) is 0 Å². The van der Waals surface area contributed by atoms with E-state index in [1.54, 1.807) is 12.1 Å². The number of para-hydroxylation sites is 2. The van der Waals surface area contributed by atoms with Crippen molar-refractivity contribution in [2.45, 2.75) is 32.2 Å². The number of carboxylic acid groups (broad SMARTS) is 2. The van der Waals surface area contributed by atoms with Crippen LogP contribution in [0.5, 0.6) is 11.5 Å². The number of ether oxygens (including phenoxy) is 2. The number of imide groups is 1. The first-order valence-corrected chi connectivity index (χ1v) is 14.2. The number of anilines is 3. The Balaban J connectivity index is 1.67. The van der Waals surface area contributed by atoms with Crippen LogP contribution in [0.4, 0.5) is 21.9 Å². The Hall–Kier alpha value is -5.96. The molecule has 0 heterocycles. The SMILES string of the molecule is COC(=O)N(CCCCOc1cccc(O)c1NC(C)=O)C(=O)[C@@H](N)Cc1ccc(N(C(=O)C(=O)O)c2ccccc2C(=O)O)cc1. The Labute approximate surface area is 269 Å². The molecule has 0 bridgehead atoms. The maximum Gasteiger partial charge on any atom is 0.416 e. The molecule has 3 aromatic carbocycles. The molecule has 3 rings (SSSR count). The summed E-state index contributed by atoms with van der Waals surface area (Å²) in [5.74, 6) is -5.58. The maximum absolute atomic E-state index is 13.2. The normalized spacial score (nSPS) is 11.1. The number of hydrogen-bond acceptors (Lipinski definition) is 10. The number of nitrogens with two attached hydrogens (primary N) is 1. The number of phenolic OH excluding ortho intramolecular Hbond substituents is 1. The largest absolute Gasteiger partial charge is 0.506 e. The number of methoxy groups -OCH3 is 1. The predicted molar refractivity (Wildman–Crippen MR) is 168 cm³/mol. The number of amides is 4. The number of aromatic carboxylic acids is 1. The first-order chi connectivity index (χ1) is 22.3. The monoisotopic (exact) mass is 650 g/mol. The van der Waals surface area contributed by atoms with E-state index in [-0.39, 0.29) is 53.7 Å². The van der Waals surface area contributed by atoms with Crippen molar-refractivity contribution in [1.29, 1.82) is 0 Å². The molecule has 1 atom stereocenters. The van der Waals surface area contributed by atoms with Crippen molar-refractivity contribution in [3.63, 3.8) is 0 Å². The predicted octanol–water partition coefficient (Wildman–Crippen LogP) is 3.12. The smallest absolute Gasteiger partial charge is 0.416 e. The molecule has 248 valence electrons. The lowest BCUT2D eigenvalue weighted by molar-refractivity contribution is -0.148. The highest BCUT2D eigenvalue weighted by atomic mass is 16.5. The molecule has 0 aliphatic heterocycles. The lowest BCUT2D eigenvalue weighted by Gasteiger charge is -2.24. The van der Waals surface area contributed by atoms with Gasteiger partial charge in [-0.15, -0.1) is 0 Å². The summed E-state index contributed by atoms with van der Waals surface area (Å²) >= 11 is 0. The summed E-state index contributed by atoms with van der Waals surface area (Å²) in [5, 5.41) is 31.5. The average molecular weight is 651 g/mol. The highest BCUT2D eigenvalue weighted by Crippen LogP contribution is 2.34. The number of hydrogen-bond donors (Lipinski definition) is 5. The van der Waals surface area contributed by atoms with E-state index < -0.39 is 41.8 Å². The van der Waals surface area contributed by atoms with Crippen LogP contribution >= 0.6 is 0 Å². The third kappa shape index (κ3) is 9.27. The third-order valence-electron chi connectivity index (χ3n) is 6.73. The van der Waals surface area contributed by atoms with Crippen LogP contribution in [0.3, 0.4) is 0 Å². The zero-order valence-corrected chi connectivity index (χ0v) is 25.5. The van der Waals surface area contributed by atoms with Crippen LogP contribution < -0.4 is 20.7 Å². The van der Waals surface area contributed by atoms with Crippen molar-refractivity contribution in [2.24, 2.45) is 5.73 Å². The molecule has 0 spiro atoms. The first kappa shape index (κ1) is 35.5. The maximum atomic E-state index is 13.2. The number of aromatic hydroxyl groups is 1. The van der Waals surface area contributed by atoms with Crippen LogP contribution in [0.2, 0.25) is 0 Å². The van der Waals surface area contributed by atoms with Crippen molar-refractivity contribution in [3.05, 3.63) is 77.9 Å². The second-order valence-electron chi connectivity index (χ2n) is 10.1. The number of phenols is 1.